The van der Waals surface area contributed by atoms with Crippen molar-refractivity contribution in [3.8, 4) is 0 Å². The van der Waals surface area contributed by atoms with Crippen LogP contribution in [0.3, 0.4) is 0 Å². The van der Waals surface area contributed by atoms with Gasteiger partial charge in [-0.25, -0.2) is 9.37 Å². The summed E-state index contributed by atoms with van der Waals surface area (Å²) in [5, 5.41) is 0. The van der Waals surface area contributed by atoms with Gasteiger partial charge >= 0.3 is 0 Å². The minimum absolute atomic E-state index is 0.270. The van der Waals surface area contributed by atoms with Crippen LogP contribution >= 0.6 is 23.3 Å². The van der Waals surface area contributed by atoms with Crippen molar-refractivity contribution in [2.24, 2.45) is 0 Å². The number of halogens is 1. The Hall–Kier alpha value is -1.14. The lowest BCUT2D eigenvalue weighted by Crippen LogP contribution is -1.95. The predicted molar refractivity (Wildman–Crippen MR) is 65.0 cm³/mol. The number of anilines is 1. The lowest BCUT2D eigenvalue weighted by atomic mass is 10.2. The van der Waals surface area contributed by atoms with Crippen molar-refractivity contribution < 1.29 is 4.39 Å². The van der Waals surface area contributed by atoms with Gasteiger partial charge in [0.15, 0.2) is 4.34 Å². The van der Waals surface area contributed by atoms with Crippen LogP contribution in [0.25, 0.3) is 0 Å². The average Bonchev–Trinajstić information content (AvgIpc) is 2.63. The monoisotopic (exact) mass is 255 g/mol. The minimum atomic E-state index is -0.270. The summed E-state index contributed by atoms with van der Waals surface area (Å²) in [6, 6.07) is 4.72. The molecule has 0 spiro atoms. The lowest BCUT2D eigenvalue weighted by molar-refractivity contribution is 0.618. The maximum atomic E-state index is 13.4. The van der Waals surface area contributed by atoms with Crippen molar-refractivity contribution >= 4 is 29.0 Å². The van der Waals surface area contributed by atoms with Gasteiger partial charge in [0.2, 0.25) is 0 Å². The van der Waals surface area contributed by atoms with Gasteiger partial charge in [0, 0.05) is 17.0 Å². The Kier molecular flexibility index (Phi) is 3.40. The molecule has 16 heavy (non-hydrogen) atoms. The molecule has 0 radical (unpaired) electrons. The van der Waals surface area contributed by atoms with Gasteiger partial charge in [-0.3, -0.25) is 0 Å². The first kappa shape index (κ1) is 11.3. The SMILES string of the molecule is Cc1nsc(SCc2c(N)cccc2F)n1. The van der Waals surface area contributed by atoms with E-state index >= 15 is 0 Å². The number of rotatable bonds is 3. The molecule has 0 aliphatic rings. The van der Waals surface area contributed by atoms with E-state index in [-0.39, 0.29) is 5.82 Å². The highest BCUT2D eigenvalue weighted by molar-refractivity contribution is 8.00. The van der Waals surface area contributed by atoms with E-state index in [1.54, 1.807) is 12.1 Å². The fourth-order valence-electron chi connectivity index (χ4n) is 1.20. The molecule has 0 bridgehead atoms. The number of thioether (sulfide) groups is 1. The summed E-state index contributed by atoms with van der Waals surface area (Å²) >= 11 is 2.77. The molecule has 3 nitrogen and oxygen atoms in total. The summed E-state index contributed by atoms with van der Waals surface area (Å²) in [7, 11) is 0. The van der Waals surface area contributed by atoms with Gasteiger partial charge in [0.05, 0.1) is 0 Å². The Bertz CT molecular complexity index is 478. The molecular formula is C10H10FN3S2. The molecule has 0 saturated heterocycles. The minimum Gasteiger partial charge on any atom is -0.398 e. The van der Waals surface area contributed by atoms with Crippen molar-refractivity contribution in [2.45, 2.75) is 17.0 Å². The quantitative estimate of drug-likeness (QED) is 0.677. The second-order valence-corrected chi connectivity index (χ2v) is 5.18. The Labute approximate surface area is 101 Å². The maximum Gasteiger partial charge on any atom is 0.170 e. The van der Waals surface area contributed by atoms with Crippen LogP contribution in [0, 0.1) is 12.7 Å². The normalized spacial score (nSPS) is 10.6. The van der Waals surface area contributed by atoms with Gasteiger partial charge in [-0.2, -0.15) is 4.37 Å². The van der Waals surface area contributed by atoms with Crippen LogP contribution in [-0.2, 0) is 5.75 Å². The third kappa shape index (κ3) is 2.51. The van der Waals surface area contributed by atoms with Gasteiger partial charge in [-0.15, -0.1) is 0 Å². The van der Waals surface area contributed by atoms with Gasteiger partial charge in [-0.1, -0.05) is 17.8 Å². The Balaban J connectivity index is 2.10. The number of nitrogens with zero attached hydrogens (tertiary/aromatic N) is 2. The van der Waals surface area contributed by atoms with Crippen molar-refractivity contribution in [3.63, 3.8) is 0 Å². The van der Waals surface area contributed by atoms with E-state index in [4.69, 9.17) is 5.73 Å². The standard InChI is InChI=1S/C10H10FN3S2/c1-6-13-10(16-14-6)15-5-7-8(11)3-2-4-9(7)12/h2-4H,5,12H2,1H3. The molecule has 0 fully saturated rings. The predicted octanol–water partition coefficient (Wildman–Crippen LogP) is 2.86. The first-order chi connectivity index (χ1) is 7.66. The maximum absolute atomic E-state index is 13.4. The molecule has 1 heterocycles. The largest absolute Gasteiger partial charge is 0.398 e. The number of nitrogen functional groups attached to an aromatic ring is 1. The van der Waals surface area contributed by atoms with E-state index in [1.807, 2.05) is 6.92 Å². The first-order valence-electron chi connectivity index (χ1n) is 4.63. The molecule has 0 saturated carbocycles. The molecule has 2 aromatic rings. The molecule has 84 valence electrons. The molecule has 1 aromatic heterocycles. The molecule has 0 aliphatic heterocycles. The van der Waals surface area contributed by atoms with Gasteiger partial charge in [0.1, 0.15) is 11.6 Å². The summed E-state index contributed by atoms with van der Waals surface area (Å²) in [5.41, 5.74) is 6.71. The topological polar surface area (TPSA) is 51.8 Å². The average molecular weight is 255 g/mol. The van der Waals surface area contributed by atoms with Crippen molar-refractivity contribution in [3.05, 3.63) is 35.4 Å². The zero-order valence-electron chi connectivity index (χ0n) is 8.61. The van der Waals surface area contributed by atoms with E-state index < -0.39 is 0 Å². The van der Waals surface area contributed by atoms with Crippen LogP contribution < -0.4 is 5.73 Å². The van der Waals surface area contributed by atoms with Gasteiger partial charge in [-0.05, 0) is 30.6 Å². The Morgan fingerprint density at radius 3 is 2.94 bits per heavy atom. The van der Waals surface area contributed by atoms with Crippen LogP contribution in [0.1, 0.15) is 11.4 Å². The second kappa shape index (κ2) is 4.80. The van der Waals surface area contributed by atoms with Gasteiger partial charge in [0.25, 0.3) is 0 Å². The van der Waals surface area contributed by atoms with Crippen LogP contribution in [0.15, 0.2) is 22.5 Å². The fourth-order valence-corrected chi connectivity index (χ4v) is 2.89. The zero-order valence-corrected chi connectivity index (χ0v) is 10.2. The van der Waals surface area contributed by atoms with Crippen LogP contribution in [0.4, 0.5) is 10.1 Å². The van der Waals surface area contributed by atoms with E-state index in [0.717, 1.165) is 10.2 Å². The zero-order chi connectivity index (χ0) is 11.5. The van der Waals surface area contributed by atoms with E-state index in [2.05, 4.69) is 9.36 Å². The van der Waals surface area contributed by atoms with Crippen LogP contribution in [0.2, 0.25) is 0 Å². The molecule has 2 N–H and O–H groups in total. The van der Waals surface area contributed by atoms with Crippen molar-refractivity contribution in [1.29, 1.82) is 0 Å². The highest BCUT2D eigenvalue weighted by atomic mass is 32.2. The van der Waals surface area contributed by atoms with Crippen molar-refractivity contribution in [2.75, 3.05) is 5.73 Å². The number of benzene rings is 1. The molecule has 2 rings (SSSR count). The molecule has 0 aliphatic carbocycles. The lowest BCUT2D eigenvalue weighted by Gasteiger charge is -2.04. The number of nitrogens with two attached hydrogens (primary N) is 1. The molecule has 1 aromatic carbocycles. The summed E-state index contributed by atoms with van der Waals surface area (Å²) in [4.78, 5) is 4.19. The smallest absolute Gasteiger partial charge is 0.170 e. The van der Waals surface area contributed by atoms with E-state index in [9.17, 15) is 4.39 Å². The summed E-state index contributed by atoms with van der Waals surface area (Å²) < 4.78 is 18.3. The number of hydrogen-bond acceptors (Lipinski definition) is 5. The Morgan fingerprint density at radius 1 is 1.50 bits per heavy atom. The number of hydrogen-bond donors (Lipinski definition) is 1. The fraction of sp³-hybridized carbons (Fsp3) is 0.200. The Morgan fingerprint density at radius 2 is 2.31 bits per heavy atom. The molecule has 0 atom stereocenters. The summed E-state index contributed by atoms with van der Waals surface area (Å²) in [6.07, 6.45) is 0. The molecule has 0 unspecified atom stereocenters. The highest BCUT2D eigenvalue weighted by Gasteiger charge is 2.08. The number of aryl methyl sites for hydroxylation is 1. The van der Waals surface area contributed by atoms with E-state index in [0.29, 0.717) is 17.0 Å². The van der Waals surface area contributed by atoms with Crippen LogP contribution in [0.5, 0.6) is 0 Å². The third-order valence-corrected chi connectivity index (χ3v) is 3.96. The van der Waals surface area contributed by atoms with Gasteiger partial charge < -0.3 is 5.73 Å². The van der Waals surface area contributed by atoms with E-state index in [1.165, 1.54) is 29.4 Å². The van der Waals surface area contributed by atoms with Crippen LogP contribution in [-0.4, -0.2) is 9.36 Å². The summed E-state index contributed by atoms with van der Waals surface area (Å²) in [6.45, 7) is 1.83. The first-order valence-corrected chi connectivity index (χ1v) is 6.38. The summed E-state index contributed by atoms with van der Waals surface area (Å²) in [5.74, 6) is 0.954. The molecule has 0 amide bonds. The molecule has 6 heteroatoms. The van der Waals surface area contributed by atoms with Crippen molar-refractivity contribution in [1.82, 2.24) is 9.36 Å². The highest BCUT2D eigenvalue weighted by Crippen LogP contribution is 2.28. The second-order valence-electron chi connectivity index (χ2n) is 3.20. The molecular weight excluding hydrogens is 245 g/mol. The third-order valence-electron chi connectivity index (χ3n) is 2.00. The number of aromatic nitrogens is 2.